The summed E-state index contributed by atoms with van der Waals surface area (Å²) in [5, 5.41) is 0.685. The van der Waals surface area contributed by atoms with Crippen LogP contribution in [0.3, 0.4) is 0 Å². The molecule has 21 heavy (non-hydrogen) atoms. The number of amides is 1. The fraction of sp³-hybridized carbons (Fsp3) is 0.357. The molecule has 0 bridgehead atoms. The number of nitrogens with one attached hydrogen (secondary N) is 2. The minimum absolute atomic E-state index is 0.152. The van der Waals surface area contributed by atoms with Crippen molar-refractivity contribution in [1.82, 2.24) is 10.9 Å². The van der Waals surface area contributed by atoms with Crippen molar-refractivity contribution in [2.75, 3.05) is 11.2 Å². The number of thioether (sulfide) groups is 1. The molecule has 2 aliphatic heterocycles. The highest BCUT2D eigenvalue weighted by atomic mass is 32.2. The van der Waals surface area contributed by atoms with Gasteiger partial charge in [-0.15, -0.1) is 0 Å². The number of nitrogens with zero attached hydrogens (tertiary/aromatic N) is 2. The molecule has 2 aliphatic rings. The number of aliphatic imine (C=N–C) groups is 1. The van der Waals surface area contributed by atoms with Gasteiger partial charge in [-0.3, -0.25) is 24.9 Å². The van der Waals surface area contributed by atoms with Crippen LogP contribution < -0.4 is 15.8 Å². The Morgan fingerprint density at radius 3 is 2.67 bits per heavy atom. The molecule has 1 aromatic carbocycles. The maximum absolute atomic E-state index is 12.7. The second kappa shape index (κ2) is 5.50. The van der Waals surface area contributed by atoms with E-state index in [4.69, 9.17) is 0 Å². The summed E-state index contributed by atoms with van der Waals surface area (Å²) in [6.45, 7) is 1.45. The minimum Gasteiger partial charge on any atom is -0.299 e. The van der Waals surface area contributed by atoms with Crippen molar-refractivity contribution in [3.05, 3.63) is 30.3 Å². The van der Waals surface area contributed by atoms with E-state index < -0.39 is 12.0 Å². The predicted molar refractivity (Wildman–Crippen MR) is 82.9 cm³/mol. The van der Waals surface area contributed by atoms with E-state index in [0.717, 1.165) is 5.69 Å². The highest BCUT2D eigenvalue weighted by Gasteiger charge is 2.52. The summed E-state index contributed by atoms with van der Waals surface area (Å²) in [6.07, 6.45) is 1.53. The summed E-state index contributed by atoms with van der Waals surface area (Å²) >= 11 is 1.44. The number of carbonyl (C=O) groups is 2. The summed E-state index contributed by atoms with van der Waals surface area (Å²) in [6, 6.07) is 8.93. The quantitative estimate of drug-likeness (QED) is 0.789. The molecule has 6 nitrogen and oxygen atoms in total. The molecule has 0 aromatic heterocycles. The van der Waals surface area contributed by atoms with E-state index >= 15 is 0 Å². The number of benzene rings is 1. The summed E-state index contributed by atoms with van der Waals surface area (Å²) in [7, 11) is 0. The molecule has 2 N–H and O–H groups in total. The third-order valence-electron chi connectivity index (χ3n) is 3.71. The SMILES string of the molecule is CSC1=N[C@H]2[C@@H](C(C)=O)C(=O)N(c3ccccc3)[C@@H]2NN1. The molecule has 110 valence electrons. The van der Waals surface area contributed by atoms with Gasteiger partial charge in [0.1, 0.15) is 23.9 Å². The van der Waals surface area contributed by atoms with Gasteiger partial charge in [-0.05, 0) is 25.3 Å². The third-order valence-corrected chi connectivity index (χ3v) is 4.30. The molecule has 2 heterocycles. The van der Waals surface area contributed by atoms with Gasteiger partial charge in [0, 0.05) is 5.69 Å². The van der Waals surface area contributed by atoms with E-state index in [0.29, 0.717) is 5.17 Å². The lowest BCUT2D eigenvalue weighted by Gasteiger charge is -2.31. The number of rotatable bonds is 2. The van der Waals surface area contributed by atoms with Crippen molar-refractivity contribution in [3.63, 3.8) is 0 Å². The summed E-state index contributed by atoms with van der Waals surface area (Å²) in [4.78, 5) is 30.7. The Labute approximate surface area is 127 Å². The Hall–Kier alpha value is -1.86. The van der Waals surface area contributed by atoms with E-state index in [2.05, 4.69) is 15.8 Å². The fourth-order valence-corrected chi connectivity index (χ4v) is 3.15. The minimum atomic E-state index is -0.730. The molecule has 0 saturated carbocycles. The molecule has 0 unspecified atom stereocenters. The first-order valence-corrected chi connectivity index (χ1v) is 7.88. The predicted octanol–water partition coefficient (Wildman–Crippen LogP) is 0.760. The van der Waals surface area contributed by atoms with E-state index in [-0.39, 0.29) is 17.9 Å². The van der Waals surface area contributed by atoms with E-state index in [1.54, 1.807) is 4.90 Å². The zero-order chi connectivity index (χ0) is 15.0. The van der Waals surface area contributed by atoms with Crippen LogP contribution in [0.2, 0.25) is 0 Å². The molecule has 0 aliphatic carbocycles. The first kappa shape index (κ1) is 14.1. The number of ketones is 1. The molecule has 7 heteroatoms. The van der Waals surface area contributed by atoms with Crippen LogP contribution in [-0.4, -0.2) is 35.3 Å². The molecule has 3 rings (SSSR count). The van der Waals surface area contributed by atoms with Gasteiger partial charge in [0.05, 0.1) is 0 Å². The first-order chi connectivity index (χ1) is 10.1. The normalized spacial score (nSPS) is 27.9. The van der Waals surface area contributed by atoms with Crippen LogP contribution >= 0.6 is 11.8 Å². The standard InChI is InChI=1S/C14H16N4O2S/c1-8(19)10-11-12(16-17-14(15-11)21-2)18(13(10)20)9-6-4-3-5-7-9/h3-7,10-12,16H,1-2H3,(H,15,17)/t10-,11+,12+/m1/s1. The number of carbonyl (C=O) groups excluding carboxylic acids is 2. The number of hydrogen-bond donors (Lipinski definition) is 2. The molecular formula is C14H16N4O2S. The van der Waals surface area contributed by atoms with Gasteiger partial charge in [0.2, 0.25) is 5.91 Å². The monoisotopic (exact) mass is 304 g/mol. The maximum Gasteiger partial charge on any atom is 0.241 e. The Morgan fingerprint density at radius 1 is 1.33 bits per heavy atom. The molecule has 1 fully saturated rings. The lowest BCUT2D eigenvalue weighted by molar-refractivity contribution is -0.129. The molecule has 0 radical (unpaired) electrons. The average molecular weight is 304 g/mol. The van der Waals surface area contributed by atoms with Crippen molar-refractivity contribution >= 4 is 34.3 Å². The number of hydrazine groups is 1. The molecule has 1 amide bonds. The van der Waals surface area contributed by atoms with Crippen LogP contribution in [0.5, 0.6) is 0 Å². The van der Waals surface area contributed by atoms with Crippen molar-refractivity contribution in [1.29, 1.82) is 0 Å². The molecule has 1 saturated heterocycles. The van der Waals surface area contributed by atoms with Gasteiger partial charge in [0.25, 0.3) is 0 Å². The maximum atomic E-state index is 12.7. The number of Topliss-reactive ketones (excluding diaryl/α,β-unsaturated/α-hetero) is 1. The Kier molecular flexibility index (Phi) is 3.69. The largest absolute Gasteiger partial charge is 0.299 e. The van der Waals surface area contributed by atoms with Crippen molar-refractivity contribution in [2.24, 2.45) is 10.9 Å². The van der Waals surface area contributed by atoms with Crippen molar-refractivity contribution in [3.8, 4) is 0 Å². The fourth-order valence-electron chi connectivity index (χ4n) is 2.76. The summed E-state index contributed by atoms with van der Waals surface area (Å²) in [5.41, 5.74) is 6.84. The van der Waals surface area contributed by atoms with Crippen LogP contribution in [-0.2, 0) is 9.59 Å². The second-order valence-electron chi connectivity index (χ2n) is 4.98. The second-order valence-corrected chi connectivity index (χ2v) is 5.77. The smallest absolute Gasteiger partial charge is 0.241 e. The number of fused-ring (bicyclic) bond motifs is 1. The molecular weight excluding hydrogens is 288 g/mol. The van der Waals surface area contributed by atoms with Crippen LogP contribution in [0.1, 0.15) is 6.92 Å². The van der Waals surface area contributed by atoms with Crippen LogP contribution in [0.25, 0.3) is 0 Å². The van der Waals surface area contributed by atoms with Crippen LogP contribution in [0.15, 0.2) is 35.3 Å². The number of hydrogen-bond acceptors (Lipinski definition) is 6. The van der Waals surface area contributed by atoms with Crippen LogP contribution in [0.4, 0.5) is 5.69 Å². The highest BCUT2D eigenvalue weighted by molar-refractivity contribution is 8.13. The first-order valence-electron chi connectivity index (χ1n) is 6.65. The third kappa shape index (κ3) is 2.32. The Morgan fingerprint density at radius 2 is 2.05 bits per heavy atom. The average Bonchev–Trinajstić information content (AvgIpc) is 2.79. The van der Waals surface area contributed by atoms with Crippen LogP contribution in [0, 0.1) is 5.92 Å². The summed E-state index contributed by atoms with van der Waals surface area (Å²) < 4.78 is 0. The highest BCUT2D eigenvalue weighted by Crippen LogP contribution is 2.33. The zero-order valence-corrected chi connectivity index (χ0v) is 12.6. The Balaban J connectivity index is 2.03. The van der Waals surface area contributed by atoms with Gasteiger partial charge < -0.3 is 0 Å². The lowest BCUT2D eigenvalue weighted by atomic mass is 9.98. The zero-order valence-electron chi connectivity index (χ0n) is 11.7. The number of para-hydroxylation sites is 1. The molecule has 1 aromatic rings. The Bertz CT molecular complexity index is 604. The van der Waals surface area contributed by atoms with Gasteiger partial charge >= 0.3 is 0 Å². The van der Waals surface area contributed by atoms with Gasteiger partial charge in [-0.2, -0.15) is 0 Å². The van der Waals surface area contributed by atoms with Crippen molar-refractivity contribution < 1.29 is 9.59 Å². The van der Waals surface area contributed by atoms with Gasteiger partial charge in [-0.1, -0.05) is 30.0 Å². The van der Waals surface area contributed by atoms with Gasteiger partial charge in [-0.25, -0.2) is 5.43 Å². The lowest BCUT2D eigenvalue weighted by Crippen LogP contribution is -2.58. The van der Waals surface area contributed by atoms with Crippen molar-refractivity contribution in [2.45, 2.75) is 19.1 Å². The summed E-state index contributed by atoms with van der Waals surface area (Å²) in [5.74, 6) is -1.09. The van der Waals surface area contributed by atoms with Gasteiger partial charge in [0.15, 0.2) is 5.17 Å². The number of amidine groups is 1. The van der Waals surface area contributed by atoms with E-state index in [1.807, 2.05) is 36.6 Å². The molecule has 3 atom stereocenters. The number of anilines is 1. The molecule has 0 spiro atoms. The topological polar surface area (TPSA) is 73.8 Å². The van der Waals surface area contributed by atoms with E-state index in [9.17, 15) is 9.59 Å². The van der Waals surface area contributed by atoms with E-state index in [1.165, 1.54) is 18.7 Å².